The van der Waals surface area contributed by atoms with Crippen molar-refractivity contribution >= 4 is 11.8 Å². The Hall–Kier alpha value is -0.470. The fourth-order valence-electron chi connectivity index (χ4n) is 2.98. The summed E-state index contributed by atoms with van der Waals surface area (Å²) in [6.45, 7) is 1.18. The summed E-state index contributed by atoms with van der Waals surface area (Å²) in [5.74, 6) is 2.00. The first-order valence-corrected chi connectivity index (χ1v) is 8.58. The number of rotatable bonds is 6. The van der Waals surface area contributed by atoms with Gasteiger partial charge in [-0.15, -0.1) is 0 Å². The zero-order valence-corrected chi connectivity index (χ0v) is 12.2. The first kappa shape index (κ1) is 14.0. The van der Waals surface area contributed by atoms with Crippen LogP contribution in [0.25, 0.3) is 0 Å². The molecule has 1 aliphatic carbocycles. The van der Waals surface area contributed by atoms with Crippen molar-refractivity contribution in [1.82, 2.24) is 5.32 Å². The van der Waals surface area contributed by atoms with Gasteiger partial charge in [-0.2, -0.15) is 11.8 Å². The molecule has 0 aromatic heterocycles. The van der Waals surface area contributed by atoms with Gasteiger partial charge in [0.15, 0.2) is 0 Å². The van der Waals surface area contributed by atoms with Crippen molar-refractivity contribution in [2.45, 2.75) is 44.1 Å². The number of hydrogen-bond donors (Lipinski definition) is 1. The van der Waals surface area contributed by atoms with Gasteiger partial charge in [-0.3, -0.25) is 0 Å². The summed E-state index contributed by atoms with van der Waals surface area (Å²) < 4.78 is 0. The number of benzene rings is 1. The summed E-state index contributed by atoms with van der Waals surface area (Å²) >= 11 is 1.95. The Morgan fingerprint density at radius 3 is 2.72 bits per heavy atom. The third kappa shape index (κ3) is 4.03. The van der Waals surface area contributed by atoms with Crippen LogP contribution >= 0.6 is 11.8 Å². The molecule has 2 unspecified atom stereocenters. The first-order valence-electron chi connectivity index (χ1n) is 7.19. The van der Waals surface area contributed by atoms with Gasteiger partial charge in [0, 0.05) is 6.04 Å². The van der Waals surface area contributed by atoms with E-state index in [-0.39, 0.29) is 0 Å². The molecule has 0 radical (unpaired) electrons. The van der Waals surface area contributed by atoms with Crippen LogP contribution in [0.3, 0.4) is 0 Å². The lowest BCUT2D eigenvalue weighted by Crippen LogP contribution is -2.37. The molecule has 1 N–H and O–H groups in total. The van der Waals surface area contributed by atoms with Gasteiger partial charge in [0.05, 0.1) is 0 Å². The highest BCUT2D eigenvalue weighted by molar-refractivity contribution is 7.98. The molecule has 0 spiro atoms. The fraction of sp³-hybridized carbons (Fsp3) is 0.625. The Bertz CT molecular complexity index is 325. The van der Waals surface area contributed by atoms with Crippen LogP contribution in [0.4, 0.5) is 0 Å². The average molecular weight is 263 g/mol. The van der Waals surface area contributed by atoms with Crippen LogP contribution in [0.5, 0.6) is 0 Å². The molecule has 0 heterocycles. The number of hydrogen-bond acceptors (Lipinski definition) is 2. The van der Waals surface area contributed by atoms with Crippen LogP contribution in [0, 0.1) is 0 Å². The van der Waals surface area contributed by atoms with E-state index in [1.54, 1.807) is 0 Å². The Labute approximate surface area is 116 Å². The second kappa shape index (κ2) is 7.85. The van der Waals surface area contributed by atoms with Gasteiger partial charge in [0.2, 0.25) is 0 Å². The topological polar surface area (TPSA) is 12.0 Å². The summed E-state index contributed by atoms with van der Waals surface area (Å²) in [6, 6.07) is 11.8. The van der Waals surface area contributed by atoms with Crippen LogP contribution in [0.1, 0.15) is 43.6 Å². The molecule has 1 aromatic rings. The molecule has 1 aromatic carbocycles. The molecular formula is C16H25NS. The lowest BCUT2D eigenvalue weighted by Gasteiger charge is -2.32. The van der Waals surface area contributed by atoms with Crippen molar-refractivity contribution in [2.75, 3.05) is 18.6 Å². The van der Waals surface area contributed by atoms with Gasteiger partial charge in [0.25, 0.3) is 0 Å². The maximum absolute atomic E-state index is 3.79. The van der Waals surface area contributed by atoms with Gasteiger partial charge >= 0.3 is 0 Å². The first-order chi connectivity index (χ1) is 8.92. The van der Waals surface area contributed by atoms with E-state index in [1.165, 1.54) is 50.0 Å². The van der Waals surface area contributed by atoms with Gasteiger partial charge in [-0.05, 0) is 49.3 Å². The van der Waals surface area contributed by atoms with E-state index in [1.807, 2.05) is 11.8 Å². The normalized spacial score (nSPS) is 24.1. The standard InChI is InChI=1S/C16H25NS/c1-18-13-7-12-17-16-11-6-5-10-15(16)14-8-3-2-4-9-14/h2-4,8-9,15-17H,5-7,10-13H2,1H3. The van der Waals surface area contributed by atoms with Crippen molar-refractivity contribution in [1.29, 1.82) is 0 Å². The van der Waals surface area contributed by atoms with E-state index in [0.29, 0.717) is 6.04 Å². The minimum atomic E-state index is 0.697. The van der Waals surface area contributed by atoms with Crippen molar-refractivity contribution in [3.8, 4) is 0 Å². The highest BCUT2D eigenvalue weighted by Gasteiger charge is 2.25. The van der Waals surface area contributed by atoms with Gasteiger partial charge in [0.1, 0.15) is 0 Å². The van der Waals surface area contributed by atoms with Crippen LogP contribution in [0.15, 0.2) is 30.3 Å². The Balaban J connectivity index is 1.90. The largest absolute Gasteiger partial charge is 0.313 e. The van der Waals surface area contributed by atoms with E-state index in [2.05, 4.69) is 41.9 Å². The molecule has 1 fully saturated rings. The lowest BCUT2D eigenvalue weighted by atomic mass is 9.80. The van der Waals surface area contributed by atoms with Crippen molar-refractivity contribution in [3.05, 3.63) is 35.9 Å². The third-order valence-electron chi connectivity index (χ3n) is 3.93. The predicted octanol–water partition coefficient (Wildman–Crippen LogP) is 4.06. The molecule has 1 saturated carbocycles. The number of thioether (sulfide) groups is 1. The Morgan fingerprint density at radius 2 is 1.94 bits per heavy atom. The van der Waals surface area contributed by atoms with Gasteiger partial charge < -0.3 is 5.32 Å². The zero-order valence-electron chi connectivity index (χ0n) is 11.4. The fourth-order valence-corrected chi connectivity index (χ4v) is 3.41. The molecule has 0 bridgehead atoms. The molecule has 1 aliphatic rings. The molecule has 2 rings (SSSR count). The summed E-state index contributed by atoms with van der Waals surface area (Å²) in [6.07, 6.45) is 8.96. The van der Waals surface area contributed by atoms with Crippen molar-refractivity contribution in [2.24, 2.45) is 0 Å². The SMILES string of the molecule is CSCCCNC1CCCCC1c1ccccc1. The Kier molecular flexibility index (Phi) is 6.09. The molecule has 2 heteroatoms. The van der Waals surface area contributed by atoms with E-state index in [4.69, 9.17) is 0 Å². The highest BCUT2D eigenvalue weighted by atomic mass is 32.2. The molecule has 18 heavy (non-hydrogen) atoms. The van der Waals surface area contributed by atoms with Crippen LogP contribution in [-0.4, -0.2) is 24.6 Å². The molecule has 0 saturated heterocycles. The minimum Gasteiger partial charge on any atom is -0.313 e. The van der Waals surface area contributed by atoms with E-state index >= 15 is 0 Å². The van der Waals surface area contributed by atoms with Crippen molar-refractivity contribution < 1.29 is 0 Å². The highest BCUT2D eigenvalue weighted by Crippen LogP contribution is 2.32. The summed E-state index contributed by atoms with van der Waals surface area (Å²) in [5.41, 5.74) is 1.53. The summed E-state index contributed by atoms with van der Waals surface area (Å²) in [4.78, 5) is 0. The zero-order chi connectivity index (χ0) is 12.6. The second-order valence-corrected chi connectivity index (χ2v) is 6.19. The van der Waals surface area contributed by atoms with Crippen LogP contribution in [-0.2, 0) is 0 Å². The maximum atomic E-state index is 3.79. The van der Waals surface area contributed by atoms with Crippen molar-refractivity contribution in [3.63, 3.8) is 0 Å². The van der Waals surface area contributed by atoms with Crippen LogP contribution in [0.2, 0.25) is 0 Å². The molecule has 0 aliphatic heterocycles. The third-order valence-corrected chi connectivity index (χ3v) is 4.62. The van der Waals surface area contributed by atoms with E-state index in [9.17, 15) is 0 Å². The predicted molar refractivity (Wildman–Crippen MR) is 82.4 cm³/mol. The monoisotopic (exact) mass is 263 g/mol. The van der Waals surface area contributed by atoms with Crippen LogP contribution < -0.4 is 5.32 Å². The van der Waals surface area contributed by atoms with Gasteiger partial charge in [-0.1, -0.05) is 43.2 Å². The lowest BCUT2D eigenvalue weighted by molar-refractivity contribution is 0.328. The smallest absolute Gasteiger partial charge is 0.0136 e. The Morgan fingerprint density at radius 1 is 1.17 bits per heavy atom. The van der Waals surface area contributed by atoms with E-state index < -0.39 is 0 Å². The number of nitrogens with one attached hydrogen (secondary N) is 1. The summed E-state index contributed by atoms with van der Waals surface area (Å²) in [7, 11) is 0. The molecule has 2 atom stereocenters. The molecule has 0 amide bonds. The maximum Gasteiger partial charge on any atom is 0.0136 e. The quantitative estimate of drug-likeness (QED) is 0.777. The van der Waals surface area contributed by atoms with Gasteiger partial charge in [-0.25, -0.2) is 0 Å². The minimum absolute atomic E-state index is 0.697. The molecule has 100 valence electrons. The average Bonchev–Trinajstić information content (AvgIpc) is 2.45. The second-order valence-electron chi connectivity index (χ2n) is 5.21. The molecule has 1 nitrogen and oxygen atoms in total. The molecular weight excluding hydrogens is 238 g/mol. The summed E-state index contributed by atoms with van der Waals surface area (Å²) in [5, 5.41) is 3.79. The van der Waals surface area contributed by atoms with E-state index in [0.717, 1.165) is 5.92 Å².